The number of nitrogens with zero attached hydrogens (tertiary/aromatic N) is 1. The Bertz CT molecular complexity index is 703. The number of carbonyl (C=O) groups is 2. The van der Waals surface area contributed by atoms with E-state index in [9.17, 15) is 14.0 Å². The van der Waals surface area contributed by atoms with Gasteiger partial charge in [-0.1, -0.05) is 26.2 Å². The smallest absolute Gasteiger partial charge is 0.228 e. The van der Waals surface area contributed by atoms with Crippen molar-refractivity contribution in [3.63, 3.8) is 0 Å². The largest absolute Gasteiger partial charge is 0.490 e. The number of rotatable bonds is 6. The maximum Gasteiger partial charge on any atom is 0.228 e. The molecule has 1 saturated heterocycles. The fourth-order valence-electron chi connectivity index (χ4n) is 4.25. The molecule has 2 aliphatic rings. The molecular formula is C21H29FN2O4. The highest BCUT2D eigenvalue weighted by molar-refractivity contribution is 5.83. The van der Waals surface area contributed by atoms with Crippen molar-refractivity contribution in [1.29, 1.82) is 0 Å². The first-order valence-corrected chi connectivity index (χ1v) is 9.92. The number of primary amides is 1. The Morgan fingerprint density at radius 1 is 1.21 bits per heavy atom. The van der Waals surface area contributed by atoms with Crippen LogP contribution in [0.5, 0.6) is 5.75 Å². The summed E-state index contributed by atoms with van der Waals surface area (Å²) >= 11 is 0. The fraction of sp³-hybridized carbons (Fsp3) is 0.619. The number of ether oxygens (including phenoxy) is 2. The van der Waals surface area contributed by atoms with Crippen LogP contribution in [-0.2, 0) is 14.3 Å². The zero-order valence-electron chi connectivity index (χ0n) is 16.4. The van der Waals surface area contributed by atoms with E-state index in [1.165, 1.54) is 30.7 Å². The molecule has 1 atom stereocenters. The lowest BCUT2D eigenvalue weighted by Crippen LogP contribution is -2.60. The summed E-state index contributed by atoms with van der Waals surface area (Å²) in [7, 11) is 0. The quantitative estimate of drug-likeness (QED) is 0.807. The van der Waals surface area contributed by atoms with Gasteiger partial charge in [0.05, 0.1) is 19.6 Å². The van der Waals surface area contributed by atoms with Crippen LogP contribution in [-0.4, -0.2) is 48.6 Å². The van der Waals surface area contributed by atoms with Gasteiger partial charge in [-0.25, -0.2) is 4.39 Å². The number of nitrogens with two attached hydrogens (primary N) is 1. The summed E-state index contributed by atoms with van der Waals surface area (Å²) in [6.07, 6.45) is 5.02. The van der Waals surface area contributed by atoms with Crippen LogP contribution in [0.2, 0.25) is 0 Å². The minimum absolute atomic E-state index is 0.0469. The first-order valence-electron chi connectivity index (χ1n) is 9.92. The molecule has 1 heterocycles. The monoisotopic (exact) mass is 392 g/mol. The van der Waals surface area contributed by atoms with E-state index in [4.69, 9.17) is 15.2 Å². The molecule has 3 rings (SSSR count). The average Bonchev–Trinajstić information content (AvgIpc) is 2.67. The minimum Gasteiger partial charge on any atom is -0.490 e. The molecule has 0 bridgehead atoms. The molecule has 2 amide bonds. The van der Waals surface area contributed by atoms with Crippen LogP contribution < -0.4 is 10.5 Å². The van der Waals surface area contributed by atoms with Gasteiger partial charge in [-0.15, -0.1) is 0 Å². The molecule has 1 aromatic carbocycles. The molecule has 1 aromatic rings. The first kappa shape index (κ1) is 20.6. The highest BCUT2D eigenvalue weighted by Crippen LogP contribution is 2.38. The second-order valence-corrected chi connectivity index (χ2v) is 8.27. The van der Waals surface area contributed by atoms with E-state index in [-0.39, 0.29) is 36.7 Å². The third-order valence-electron chi connectivity index (χ3n) is 5.82. The summed E-state index contributed by atoms with van der Waals surface area (Å²) in [5.41, 5.74) is 4.10. The molecule has 0 aromatic heterocycles. The molecule has 6 nitrogen and oxygen atoms in total. The molecule has 7 heteroatoms. The number of hydrogen-bond acceptors (Lipinski definition) is 4. The van der Waals surface area contributed by atoms with Gasteiger partial charge >= 0.3 is 0 Å². The van der Waals surface area contributed by atoms with Crippen LogP contribution in [0.1, 0.15) is 45.4 Å². The summed E-state index contributed by atoms with van der Waals surface area (Å²) in [5, 5.41) is 0. The Morgan fingerprint density at radius 2 is 1.89 bits per heavy atom. The Kier molecular flexibility index (Phi) is 6.23. The van der Waals surface area contributed by atoms with Gasteiger partial charge in [0.2, 0.25) is 11.8 Å². The van der Waals surface area contributed by atoms with E-state index in [1.807, 2.05) is 6.92 Å². The molecule has 2 fully saturated rings. The molecule has 1 aliphatic heterocycles. The Balaban J connectivity index is 1.73. The molecular weight excluding hydrogens is 363 g/mol. The van der Waals surface area contributed by atoms with E-state index in [2.05, 4.69) is 0 Å². The third kappa shape index (κ3) is 4.82. The number of hydrogen-bond donors (Lipinski definition) is 1. The van der Waals surface area contributed by atoms with Crippen molar-refractivity contribution in [2.45, 2.75) is 51.0 Å². The number of morpholine rings is 1. The number of benzene rings is 1. The van der Waals surface area contributed by atoms with Gasteiger partial charge in [-0.05, 0) is 37.1 Å². The molecule has 28 heavy (non-hydrogen) atoms. The number of halogens is 1. The van der Waals surface area contributed by atoms with Crippen LogP contribution in [0.15, 0.2) is 24.3 Å². The van der Waals surface area contributed by atoms with Crippen LogP contribution in [0.3, 0.4) is 0 Å². The van der Waals surface area contributed by atoms with Gasteiger partial charge in [0.25, 0.3) is 0 Å². The first-order chi connectivity index (χ1) is 13.3. The van der Waals surface area contributed by atoms with Crippen molar-refractivity contribution in [3.05, 3.63) is 30.1 Å². The van der Waals surface area contributed by atoms with Crippen LogP contribution >= 0.6 is 0 Å². The number of carbonyl (C=O) groups excluding carboxylic acids is 2. The zero-order valence-corrected chi connectivity index (χ0v) is 16.4. The van der Waals surface area contributed by atoms with Gasteiger partial charge in [0, 0.05) is 12.0 Å². The van der Waals surface area contributed by atoms with Gasteiger partial charge < -0.3 is 20.1 Å². The second-order valence-electron chi connectivity index (χ2n) is 8.27. The van der Waals surface area contributed by atoms with Gasteiger partial charge in [0.15, 0.2) is 0 Å². The van der Waals surface area contributed by atoms with E-state index in [1.54, 1.807) is 4.90 Å². The minimum atomic E-state index is -1.00. The Morgan fingerprint density at radius 3 is 2.54 bits per heavy atom. The normalized spacial score (nSPS) is 24.6. The van der Waals surface area contributed by atoms with Crippen molar-refractivity contribution in [2.24, 2.45) is 11.1 Å². The molecule has 1 aliphatic carbocycles. The fourth-order valence-corrected chi connectivity index (χ4v) is 4.25. The summed E-state index contributed by atoms with van der Waals surface area (Å²) in [6.45, 7) is 3.16. The SMILES string of the molecule is CC1(C(=O)N2CCO[C@](COc3ccc(F)cc3)(CC(N)=O)C2)CCCCC1. The van der Waals surface area contributed by atoms with E-state index < -0.39 is 11.5 Å². The molecule has 2 N–H and O–H groups in total. The van der Waals surface area contributed by atoms with E-state index in [0.717, 1.165) is 25.7 Å². The molecule has 0 radical (unpaired) electrons. The molecule has 0 spiro atoms. The number of amides is 2. The van der Waals surface area contributed by atoms with Crippen molar-refractivity contribution in [3.8, 4) is 5.75 Å². The van der Waals surface area contributed by atoms with Crippen LogP contribution in [0.25, 0.3) is 0 Å². The highest BCUT2D eigenvalue weighted by Gasteiger charge is 2.45. The highest BCUT2D eigenvalue weighted by atomic mass is 19.1. The molecule has 1 saturated carbocycles. The van der Waals surface area contributed by atoms with Crippen LogP contribution in [0.4, 0.5) is 4.39 Å². The standard InChI is InChI=1S/C21H29FN2O4/c1-20(9-3-2-4-10-20)19(26)24-11-12-28-21(14-24,13-18(23)25)15-27-17-7-5-16(22)6-8-17/h5-8H,2-4,9-15H2,1H3,(H2,23,25)/t21-/m1/s1. The van der Waals surface area contributed by atoms with Crippen LogP contribution in [0, 0.1) is 11.2 Å². The van der Waals surface area contributed by atoms with Crippen molar-refractivity contribution in [1.82, 2.24) is 4.90 Å². The summed E-state index contributed by atoms with van der Waals surface area (Å²) < 4.78 is 24.8. The lowest BCUT2D eigenvalue weighted by Gasteiger charge is -2.45. The van der Waals surface area contributed by atoms with Gasteiger partial charge in [-0.2, -0.15) is 0 Å². The van der Waals surface area contributed by atoms with Crippen molar-refractivity contribution < 1.29 is 23.5 Å². The predicted molar refractivity (Wildman–Crippen MR) is 102 cm³/mol. The lowest BCUT2D eigenvalue weighted by atomic mass is 9.74. The maximum atomic E-state index is 13.2. The summed E-state index contributed by atoms with van der Waals surface area (Å²) in [6, 6.07) is 5.64. The topological polar surface area (TPSA) is 81.9 Å². The Labute approximate surface area is 165 Å². The lowest BCUT2D eigenvalue weighted by molar-refractivity contribution is -0.169. The van der Waals surface area contributed by atoms with E-state index >= 15 is 0 Å². The van der Waals surface area contributed by atoms with Gasteiger partial charge in [-0.3, -0.25) is 9.59 Å². The van der Waals surface area contributed by atoms with Crippen molar-refractivity contribution >= 4 is 11.8 Å². The second kappa shape index (κ2) is 8.47. The maximum absolute atomic E-state index is 13.2. The predicted octanol–water partition coefficient (Wildman–Crippen LogP) is 2.65. The molecule has 154 valence electrons. The van der Waals surface area contributed by atoms with E-state index in [0.29, 0.717) is 18.9 Å². The molecule has 0 unspecified atom stereocenters. The average molecular weight is 392 g/mol. The summed E-state index contributed by atoms with van der Waals surface area (Å²) in [4.78, 5) is 26.7. The van der Waals surface area contributed by atoms with Crippen molar-refractivity contribution in [2.75, 3.05) is 26.3 Å². The van der Waals surface area contributed by atoms with Gasteiger partial charge in [0.1, 0.15) is 23.8 Å². The Hall–Kier alpha value is -2.15. The summed E-state index contributed by atoms with van der Waals surface area (Å²) in [5.74, 6) is -0.283. The zero-order chi connectivity index (χ0) is 20.2. The third-order valence-corrected chi connectivity index (χ3v) is 5.82.